The van der Waals surface area contributed by atoms with Crippen molar-refractivity contribution >= 4 is 0 Å². The Morgan fingerprint density at radius 2 is 2.12 bits per heavy atom. The molecule has 0 saturated carbocycles. The summed E-state index contributed by atoms with van der Waals surface area (Å²) in [6, 6.07) is 10.8. The fourth-order valence-corrected chi connectivity index (χ4v) is 2.55. The summed E-state index contributed by atoms with van der Waals surface area (Å²) in [6.07, 6.45) is 1.28. The molecule has 2 unspecified atom stereocenters. The van der Waals surface area contributed by atoms with Gasteiger partial charge in [0.05, 0.1) is 0 Å². The van der Waals surface area contributed by atoms with Crippen molar-refractivity contribution < 1.29 is 0 Å². The average molecular weight is 218 g/mol. The maximum atomic E-state index is 5.71. The van der Waals surface area contributed by atoms with Gasteiger partial charge in [-0.1, -0.05) is 37.3 Å². The predicted octanol–water partition coefficient (Wildman–Crippen LogP) is 2.07. The molecule has 1 aliphatic rings. The maximum Gasteiger partial charge on any atom is 0.00477 e. The highest BCUT2D eigenvalue weighted by atomic mass is 15.1. The van der Waals surface area contributed by atoms with Crippen LogP contribution in [0.4, 0.5) is 0 Å². The van der Waals surface area contributed by atoms with Gasteiger partial charge in [0.25, 0.3) is 0 Å². The number of benzene rings is 1. The zero-order valence-electron chi connectivity index (χ0n) is 10.1. The number of rotatable bonds is 4. The fourth-order valence-electron chi connectivity index (χ4n) is 2.55. The molecule has 0 amide bonds. The minimum absolute atomic E-state index is 0.623. The first-order valence-electron chi connectivity index (χ1n) is 6.27. The number of likely N-dealkylation sites (tertiary alicyclic amines) is 1. The van der Waals surface area contributed by atoms with Crippen molar-refractivity contribution in [3.63, 3.8) is 0 Å². The van der Waals surface area contributed by atoms with Crippen molar-refractivity contribution in [3.8, 4) is 0 Å². The van der Waals surface area contributed by atoms with E-state index in [0.29, 0.717) is 5.92 Å². The molecule has 1 aromatic carbocycles. The Labute approximate surface area is 98.4 Å². The number of hydrogen-bond donors (Lipinski definition) is 1. The Morgan fingerprint density at radius 1 is 1.38 bits per heavy atom. The van der Waals surface area contributed by atoms with Crippen LogP contribution in [0.15, 0.2) is 30.3 Å². The van der Waals surface area contributed by atoms with Crippen molar-refractivity contribution in [1.82, 2.24) is 4.90 Å². The van der Waals surface area contributed by atoms with Gasteiger partial charge in [-0.2, -0.15) is 0 Å². The topological polar surface area (TPSA) is 29.3 Å². The van der Waals surface area contributed by atoms with Gasteiger partial charge in [0, 0.05) is 13.1 Å². The van der Waals surface area contributed by atoms with Crippen LogP contribution in [0.1, 0.15) is 24.8 Å². The maximum absolute atomic E-state index is 5.71. The molecule has 88 valence electrons. The van der Waals surface area contributed by atoms with Gasteiger partial charge in [-0.15, -0.1) is 0 Å². The van der Waals surface area contributed by atoms with Gasteiger partial charge in [-0.05, 0) is 36.9 Å². The lowest BCUT2D eigenvalue weighted by Gasteiger charge is -2.21. The lowest BCUT2D eigenvalue weighted by Crippen LogP contribution is -2.27. The van der Waals surface area contributed by atoms with Gasteiger partial charge in [0.2, 0.25) is 0 Å². The van der Waals surface area contributed by atoms with E-state index in [9.17, 15) is 0 Å². The van der Waals surface area contributed by atoms with Gasteiger partial charge in [-0.25, -0.2) is 0 Å². The van der Waals surface area contributed by atoms with Crippen molar-refractivity contribution in [2.75, 3.05) is 26.2 Å². The molecular weight excluding hydrogens is 196 g/mol. The van der Waals surface area contributed by atoms with Crippen LogP contribution in [0, 0.1) is 5.92 Å². The average Bonchev–Trinajstić information content (AvgIpc) is 2.78. The molecule has 0 bridgehead atoms. The molecule has 2 nitrogen and oxygen atoms in total. The van der Waals surface area contributed by atoms with E-state index >= 15 is 0 Å². The number of nitrogens with two attached hydrogens (primary N) is 1. The summed E-state index contributed by atoms with van der Waals surface area (Å²) in [5, 5.41) is 0. The van der Waals surface area contributed by atoms with Crippen LogP contribution in [0.5, 0.6) is 0 Å². The summed E-state index contributed by atoms with van der Waals surface area (Å²) in [7, 11) is 0. The number of hydrogen-bond acceptors (Lipinski definition) is 2. The van der Waals surface area contributed by atoms with Crippen LogP contribution >= 0.6 is 0 Å². The Bertz CT molecular complexity index is 310. The number of nitrogens with zero attached hydrogens (tertiary/aromatic N) is 1. The van der Waals surface area contributed by atoms with Gasteiger partial charge in [0.15, 0.2) is 0 Å². The predicted molar refractivity (Wildman–Crippen MR) is 68.5 cm³/mol. The summed E-state index contributed by atoms with van der Waals surface area (Å²) in [5.41, 5.74) is 7.15. The molecule has 1 aliphatic heterocycles. The largest absolute Gasteiger partial charge is 0.330 e. The molecule has 2 rings (SSSR count). The molecular formula is C14H22N2. The van der Waals surface area contributed by atoms with E-state index < -0.39 is 0 Å². The molecule has 2 N–H and O–H groups in total. The van der Waals surface area contributed by atoms with Crippen molar-refractivity contribution in [2.45, 2.75) is 19.3 Å². The summed E-state index contributed by atoms with van der Waals surface area (Å²) < 4.78 is 0. The first-order valence-corrected chi connectivity index (χ1v) is 6.27. The monoisotopic (exact) mass is 218 g/mol. The van der Waals surface area contributed by atoms with Gasteiger partial charge in [0.1, 0.15) is 0 Å². The van der Waals surface area contributed by atoms with E-state index in [1.807, 2.05) is 0 Å². The molecule has 1 aromatic rings. The van der Waals surface area contributed by atoms with E-state index in [1.165, 1.54) is 31.6 Å². The Balaban J connectivity index is 1.86. The third-order valence-corrected chi connectivity index (χ3v) is 3.60. The van der Waals surface area contributed by atoms with Crippen molar-refractivity contribution in [2.24, 2.45) is 11.7 Å². The molecule has 0 aromatic heterocycles. The minimum atomic E-state index is 0.623. The van der Waals surface area contributed by atoms with Gasteiger partial charge >= 0.3 is 0 Å². The second kappa shape index (κ2) is 5.46. The standard InChI is InChI=1S/C14H22N2/c1-12(14-5-3-2-4-6-14)10-16-8-7-13(9-15)11-16/h2-6,12-13H,7-11,15H2,1H3. The zero-order chi connectivity index (χ0) is 11.4. The summed E-state index contributed by atoms with van der Waals surface area (Å²) >= 11 is 0. The van der Waals surface area contributed by atoms with Gasteiger partial charge in [-0.3, -0.25) is 0 Å². The van der Waals surface area contributed by atoms with Crippen molar-refractivity contribution in [3.05, 3.63) is 35.9 Å². The quantitative estimate of drug-likeness (QED) is 0.838. The smallest absolute Gasteiger partial charge is 0.00477 e. The van der Waals surface area contributed by atoms with Crippen LogP contribution in [-0.4, -0.2) is 31.1 Å². The first-order chi connectivity index (χ1) is 7.79. The van der Waals surface area contributed by atoms with Gasteiger partial charge < -0.3 is 10.6 Å². The summed E-state index contributed by atoms with van der Waals surface area (Å²) in [4.78, 5) is 2.55. The molecule has 2 heteroatoms. The molecule has 1 heterocycles. The second-order valence-electron chi connectivity index (χ2n) is 4.96. The molecule has 1 saturated heterocycles. The summed E-state index contributed by atoms with van der Waals surface area (Å²) in [6.45, 7) is 6.73. The molecule has 0 radical (unpaired) electrons. The third kappa shape index (κ3) is 2.83. The van der Waals surface area contributed by atoms with E-state index in [4.69, 9.17) is 5.73 Å². The highest BCUT2D eigenvalue weighted by molar-refractivity contribution is 5.19. The first kappa shape index (κ1) is 11.6. The molecule has 0 aliphatic carbocycles. The summed E-state index contributed by atoms with van der Waals surface area (Å²) in [5.74, 6) is 1.35. The lowest BCUT2D eigenvalue weighted by molar-refractivity contribution is 0.309. The fraction of sp³-hybridized carbons (Fsp3) is 0.571. The highest BCUT2D eigenvalue weighted by Gasteiger charge is 2.22. The molecule has 2 atom stereocenters. The zero-order valence-corrected chi connectivity index (χ0v) is 10.1. The lowest BCUT2D eigenvalue weighted by atomic mass is 10.0. The third-order valence-electron chi connectivity index (χ3n) is 3.60. The van der Waals surface area contributed by atoms with Crippen LogP contribution in [-0.2, 0) is 0 Å². The second-order valence-corrected chi connectivity index (χ2v) is 4.96. The van der Waals surface area contributed by atoms with E-state index in [-0.39, 0.29) is 0 Å². The van der Waals surface area contributed by atoms with Crippen LogP contribution in [0.2, 0.25) is 0 Å². The van der Waals surface area contributed by atoms with E-state index in [2.05, 4.69) is 42.2 Å². The highest BCUT2D eigenvalue weighted by Crippen LogP contribution is 2.21. The van der Waals surface area contributed by atoms with Crippen LogP contribution < -0.4 is 5.73 Å². The van der Waals surface area contributed by atoms with Crippen LogP contribution in [0.25, 0.3) is 0 Å². The van der Waals surface area contributed by atoms with E-state index in [0.717, 1.165) is 12.5 Å². The normalized spacial score (nSPS) is 23.5. The Kier molecular flexibility index (Phi) is 3.97. The Morgan fingerprint density at radius 3 is 2.75 bits per heavy atom. The minimum Gasteiger partial charge on any atom is -0.330 e. The Hall–Kier alpha value is -0.860. The molecule has 0 spiro atoms. The molecule has 1 fully saturated rings. The van der Waals surface area contributed by atoms with Crippen LogP contribution in [0.3, 0.4) is 0 Å². The molecule has 16 heavy (non-hydrogen) atoms. The SMILES string of the molecule is CC(CN1CCC(CN)C1)c1ccccc1. The van der Waals surface area contributed by atoms with Crippen molar-refractivity contribution in [1.29, 1.82) is 0 Å². The van der Waals surface area contributed by atoms with E-state index in [1.54, 1.807) is 0 Å².